The molecular formula is C16H22N2O4. The lowest BCUT2D eigenvalue weighted by atomic mass is 10.1. The van der Waals surface area contributed by atoms with E-state index in [4.69, 9.17) is 9.47 Å². The number of benzene rings is 1. The standard InChI is InChI=1S/C16H22N2O4/c1-3-13-16(20)18(11-15(19)17-9-6-10-21-2)12-7-4-5-8-14(12)22-13/h4-5,7-8,13H,3,6,9-11H2,1-2H3,(H,17,19)/t13-/m1/s1. The SMILES string of the molecule is CC[C@H]1Oc2ccccc2N(CC(=O)NCCCOC)C1=O. The molecule has 1 heterocycles. The molecule has 0 bridgehead atoms. The van der Waals surface area contributed by atoms with Crippen molar-refractivity contribution in [1.82, 2.24) is 5.32 Å². The van der Waals surface area contributed by atoms with E-state index in [1.165, 1.54) is 4.90 Å². The number of carbonyl (C=O) groups is 2. The van der Waals surface area contributed by atoms with Gasteiger partial charge in [-0.1, -0.05) is 19.1 Å². The maximum Gasteiger partial charge on any atom is 0.268 e. The highest BCUT2D eigenvalue weighted by molar-refractivity contribution is 6.03. The molecule has 1 aliphatic rings. The largest absolute Gasteiger partial charge is 0.478 e. The van der Waals surface area contributed by atoms with Crippen LogP contribution in [0, 0.1) is 0 Å². The first-order valence-electron chi connectivity index (χ1n) is 7.50. The van der Waals surface area contributed by atoms with E-state index in [1.807, 2.05) is 25.1 Å². The average Bonchev–Trinajstić information content (AvgIpc) is 2.54. The van der Waals surface area contributed by atoms with Crippen molar-refractivity contribution in [3.05, 3.63) is 24.3 Å². The monoisotopic (exact) mass is 306 g/mol. The Bertz CT molecular complexity index is 533. The smallest absolute Gasteiger partial charge is 0.268 e. The molecule has 0 saturated carbocycles. The third-order valence-electron chi connectivity index (χ3n) is 3.49. The van der Waals surface area contributed by atoms with Crippen molar-refractivity contribution in [1.29, 1.82) is 0 Å². The van der Waals surface area contributed by atoms with Gasteiger partial charge in [-0.3, -0.25) is 14.5 Å². The molecule has 6 heteroatoms. The Morgan fingerprint density at radius 1 is 1.41 bits per heavy atom. The van der Waals surface area contributed by atoms with Gasteiger partial charge in [0.1, 0.15) is 12.3 Å². The number of para-hydroxylation sites is 2. The zero-order chi connectivity index (χ0) is 15.9. The molecular weight excluding hydrogens is 284 g/mol. The summed E-state index contributed by atoms with van der Waals surface area (Å²) in [6.45, 7) is 3.02. The van der Waals surface area contributed by atoms with E-state index in [2.05, 4.69) is 5.32 Å². The summed E-state index contributed by atoms with van der Waals surface area (Å²) in [4.78, 5) is 26.0. The van der Waals surface area contributed by atoms with Crippen molar-refractivity contribution in [2.45, 2.75) is 25.9 Å². The number of ether oxygens (including phenoxy) is 2. The van der Waals surface area contributed by atoms with Crippen molar-refractivity contribution >= 4 is 17.5 Å². The molecule has 2 rings (SSSR count). The Balaban J connectivity index is 2.04. The van der Waals surface area contributed by atoms with Crippen LogP contribution in [-0.4, -0.2) is 44.7 Å². The van der Waals surface area contributed by atoms with Gasteiger partial charge in [0.25, 0.3) is 5.91 Å². The van der Waals surface area contributed by atoms with E-state index in [9.17, 15) is 9.59 Å². The summed E-state index contributed by atoms with van der Waals surface area (Å²) in [5.74, 6) is 0.283. The van der Waals surface area contributed by atoms with E-state index in [-0.39, 0.29) is 18.4 Å². The fourth-order valence-corrected chi connectivity index (χ4v) is 2.34. The van der Waals surface area contributed by atoms with Gasteiger partial charge in [0, 0.05) is 20.3 Å². The molecule has 0 aromatic heterocycles. The quantitative estimate of drug-likeness (QED) is 0.772. The number of methoxy groups -OCH3 is 1. The highest BCUT2D eigenvalue weighted by atomic mass is 16.5. The van der Waals surface area contributed by atoms with Crippen molar-refractivity contribution in [3.63, 3.8) is 0 Å². The van der Waals surface area contributed by atoms with Gasteiger partial charge < -0.3 is 14.8 Å². The second-order valence-corrected chi connectivity index (χ2v) is 5.10. The molecule has 120 valence electrons. The Labute approximate surface area is 130 Å². The average molecular weight is 306 g/mol. The topological polar surface area (TPSA) is 67.9 Å². The highest BCUT2D eigenvalue weighted by Gasteiger charge is 2.33. The van der Waals surface area contributed by atoms with Crippen LogP contribution in [0.2, 0.25) is 0 Å². The van der Waals surface area contributed by atoms with Gasteiger partial charge in [0.2, 0.25) is 5.91 Å². The third kappa shape index (κ3) is 3.76. The summed E-state index contributed by atoms with van der Waals surface area (Å²) >= 11 is 0. The first-order valence-corrected chi connectivity index (χ1v) is 7.50. The van der Waals surface area contributed by atoms with Crippen LogP contribution in [0.15, 0.2) is 24.3 Å². The minimum atomic E-state index is -0.531. The molecule has 1 atom stereocenters. The van der Waals surface area contributed by atoms with Gasteiger partial charge in [-0.25, -0.2) is 0 Å². The summed E-state index contributed by atoms with van der Waals surface area (Å²) in [7, 11) is 1.62. The Morgan fingerprint density at radius 2 is 2.18 bits per heavy atom. The van der Waals surface area contributed by atoms with Crippen LogP contribution in [0.5, 0.6) is 5.75 Å². The maximum absolute atomic E-state index is 12.4. The number of amides is 2. The zero-order valence-electron chi connectivity index (χ0n) is 13.0. The van der Waals surface area contributed by atoms with Gasteiger partial charge in [-0.2, -0.15) is 0 Å². The van der Waals surface area contributed by atoms with Crippen LogP contribution < -0.4 is 15.0 Å². The number of fused-ring (bicyclic) bond motifs is 1. The van der Waals surface area contributed by atoms with Crippen molar-refractivity contribution < 1.29 is 19.1 Å². The lowest BCUT2D eigenvalue weighted by Crippen LogP contribution is -2.49. The first-order chi connectivity index (χ1) is 10.7. The highest BCUT2D eigenvalue weighted by Crippen LogP contribution is 2.34. The molecule has 1 aliphatic heterocycles. The van der Waals surface area contributed by atoms with Gasteiger partial charge in [0.05, 0.1) is 5.69 Å². The molecule has 1 N–H and O–H groups in total. The van der Waals surface area contributed by atoms with Gasteiger partial charge in [-0.05, 0) is 25.0 Å². The summed E-state index contributed by atoms with van der Waals surface area (Å²) in [6.07, 6.45) is 0.781. The normalized spacial score (nSPS) is 16.9. The predicted molar refractivity (Wildman–Crippen MR) is 83.0 cm³/mol. The molecule has 0 unspecified atom stereocenters. The lowest BCUT2D eigenvalue weighted by molar-refractivity contribution is -0.129. The molecule has 2 amide bonds. The molecule has 0 radical (unpaired) electrons. The fourth-order valence-electron chi connectivity index (χ4n) is 2.34. The van der Waals surface area contributed by atoms with Gasteiger partial charge in [0.15, 0.2) is 6.10 Å². The summed E-state index contributed by atoms with van der Waals surface area (Å²) in [5, 5.41) is 2.80. The van der Waals surface area contributed by atoms with Gasteiger partial charge in [-0.15, -0.1) is 0 Å². The number of anilines is 1. The minimum Gasteiger partial charge on any atom is -0.478 e. The van der Waals surface area contributed by atoms with Crippen LogP contribution in [0.3, 0.4) is 0 Å². The van der Waals surface area contributed by atoms with E-state index >= 15 is 0 Å². The number of hydrogen-bond acceptors (Lipinski definition) is 4. The second kappa shape index (κ2) is 7.79. The summed E-state index contributed by atoms with van der Waals surface area (Å²) in [6, 6.07) is 7.28. The molecule has 0 aliphatic carbocycles. The summed E-state index contributed by atoms with van der Waals surface area (Å²) in [5.41, 5.74) is 0.643. The van der Waals surface area contributed by atoms with Crippen LogP contribution in [0.25, 0.3) is 0 Å². The van der Waals surface area contributed by atoms with Crippen molar-refractivity contribution in [2.75, 3.05) is 31.7 Å². The fraction of sp³-hybridized carbons (Fsp3) is 0.500. The number of hydrogen-bond donors (Lipinski definition) is 1. The molecule has 6 nitrogen and oxygen atoms in total. The van der Waals surface area contributed by atoms with E-state index in [0.717, 1.165) is 6.42 Å². The summed E-state index contributed by atoms with van der Waals surface area (Å²) < 4.78 is 10.6. The molecule has 22 heavy (non-hydrogen) atoms. The van der Waals surface area contributed by atoms with Crippen LogP contribution in [0.1, 0.15) is 19.8 Å². The molecule has 1 aromatic carbocycles. The lowest BCUT2D eigenvalue weighted by Gasteiger charge is -2.33. The first kappa shape index (κ1) is 16.3. The van der Waals surface area contributed by atoms with Crippen LogP contribution >= 0.6 is 0 Å². The van der Waals surface area contributed by atoms with E-state index < -0.39 is 6.10 Å². The van der Waals surface area contributed by atoms with Crippen LogP contribution in [0.4, 0.5) is 5.69 Å². The number of carbonyl (C=O) groups excluding carboxylic acids is 2. The second-order valence-electron chi connectivity index (χ2n) is 5.10. The molecule has 0 spiro atoms. The van der Waals surface area contributed by atoms with Gasteiger partial charge >= 0.3 is 0 Å². The molecule has 0 fully saturated rings. The third-order valence-corrected chi connectivity index (χ3v) is 3.49. The number of nitrogens with one attached hydrogen (secondary N) is 1. The Hall–Kier alpha value is -2.08. The van der Waals surface area contributed by atoms with Crippen molar-refractivity contribution in [3.8, 4) is 5.75 Å². The number of rotatable bonds is 7. The van der Waals surface area contributed by atoms with Crippen molar-refractivity contribution in [2.24, 2.45) is 0 Å². The maximum atomic E-state index is 12.4. The minimum absolute atomic E-state index is 0.00267. The van der Waals surface area contributed by atoms with Crippen LogP contribution in [-0.2, 0) is 14.3 Å². The zero-order valence-corrected chi connectivity index (χ0v) is 13.0. The Kier molecular flexibility index (Phi) is 5.77. The van der Waals surface area contributed by atoms with E-state index in [0.29, 0.717) is 31.0 Å². The molecule has 0 saturated heterocycles. The Morgan fingerprint density at radius 3 is 2.91 bits per heavy atom. The predicted octanol–water partition coefficient (Wildman–Crippen LogP) is 1.34. The molecule has 1 aromatic rings. The number of nitrogens with zero attached hydrogens (tertiary/aromatic N) is 1. The van der Waals surface area contributed by atoms with E-state index in [1.54, 1.807) is 13.2 Å².